The van der Waals surface area contributed by atoms with E-state index in [9.17, 15) is 0 Å². The number of benzene rings is 1. The van der Waals surface area contributed by atoms with E-state index in [2.05, 4.69) is 43.2 Å². The van der Waals surface area contributed by atoms with E-state index in [1.807, 2.05) is 6.07 Å². The van der Waals surface area contributed by atoms with Crippen molar-refractivity contribution in [2.75, 3.05) is 27.4 Å². The van der Waals surface area contributed by atoms with Crippen LogP contribution in [-0.4, -0.2) is 27.4 Å². The minimum absolute atomic E-state index is 0.800. The zero-order valence-corrected chi connectivity index (χ0v) is 13.9. The molecule has 5 heteroatoms. The molecule has 0 aliphatic heterocycles. The van der Waals surface area contributed by atoms with E-state index in [1.54, 1.807) is 14.2 Å². The van der Waals surface area contributed by atoms with Gasteiger partial charge in [-0.3, -0.25) is 0 Å². The van der Waals surface area contributed by atoms with Gasteiger partial charge in [-0.2, -0.15) is 0 Å². The molecule has 1 aromatic carbocycles. The molecule has 0 atom stereocenters. The molecule has 1 N–H and O–H groups in total. The Bertz CT molecular complexity index is 372. The van der Waals surface area contributed by atoms with Crippen LogP contribution in [0.15, 0.2) is 21.1 Å². The van der Waals surface area contributed by atoms with Crippen LogP contribution < -0.4 is 10.1 Å². The molecule has 0 fully saturated rings. The Labute approximate surface area is 125 Å². The first-order valence-electron chi connectivity index (χ1n) is 5.90. The molecule has 18 heavy (non-hydrogen) atoms. The van der Waals surface area contributed by atoms with Crippen molar-refractivity contribution in [3.05, 3.63) is 26.6 Å². The van der Waals surface area contributed by atoms with Gasteiger partial charge in [-0.25, -0.2) is 0 Å². The van der Waals surface area contributed by atoms with Crippen LogP contribution in [0.1, 0.15) is 18.4 Å². The second-order valence-electron chi connectivity index (χ2n) is 3.96. The van der Waals surface area contributed by atoms with Gasteiger partial charge in [0.25, 0.3) is 0 Å². The van der Waals surface area contributed by atoms with Crippen molar-refractivity contribution in [2.45, 2.75) is 19.4 Å². The summed E-state index contributed by atoms with van der Waals surface area (Å²) in [7, 11) is 3.42. The van der Waals surface area contributed by atoms with Gasteiger partial charge in [0.2, 0.25) is 0 Å². The third-order valence-corrected chi connectivity index (χ3v) is 3.60. The molecule has 0 heterocycles. The van der Waals surface area contributed by atoms with E-state index in [0.717, 1.165) is 52.8 Å². The van der Waals surface area contributed by atoms with Gasteiger partial charge in [0.05, 0.1) is 11.6 Å². The SMILES string of the molecule is COCCCCNCc1cc(Br)cc(Br)c1OC. The number of halogens is 2. The van der Waals surface area contributed by atoms with E-state index in [4.69, 9.17) is 9.47 Å². The van der Waals surface area contributed by atoms with Gasteiger partial charge < -0.3 is 14.8 Å². The molecular formula is C13H19Br2NO2. The number of rotatable bonds is 8. The molecule has 0 aliphatic rings. The first-order valence-corrected chi connectivity index (χ1v) is 7.49. The number of methoxy groups -OCH3 is 2. The van der Waals surface area contributed by atoms with Crippen LogP contribution in [0, 0.1) is 0 Å². The van der Waals surface area contributed by atoms with Crippen LogP contribution in [0.2, 0.25) is 0 Å². The number of ether oxygens (including phenoxy) is 2. The van der Waals surface area contributed by atoms with Gasteiger partial charge >= 0.3 is 0 Å². The topological polar surface area (TPSA) is 30.5 Å². The first kappa shape index (κ1) is 16.0. The summed E-state index contributed by atoms with van der Waals surface area (Å²) < 4.78 is 12.4. The lowest BCUT2D eigenvalue weighted by molar-refractivity contribution is 0.192. The Morgan fingerprint density at radius 1 is 1.17 bits per heavy atom. The zero-order valence-electron chi connectivity index (χ0n) is 10.8. The Balaban J connectivity index is 2.46. The second kappa shape index (κ2) is 8.91. The molecule has 1 rings (SSSR count). The third-order valence-electron chi connectivity index (χ3n) is 2.56. The average Bonchev–Trinajstić information content (AvgIpc) is 2.33. The number of nitrogens with one attached hydrogen (secondary N) is 1. The van der Waals surface area contributed by atoms with E-state index in [1.165, 1.54) is 0 Å². The van der Waals surface area contributed by atoms with E-state index < -0.39 is 0 Å². The van der Waals surface area contributed by atoms with Gasteiger partial charge in [-0.15, -0.1) is 0 Å². The molecule has 0 spiro atoms. The Hall–Kier alpha value is -0.100. The zero-order chi connectivity index (χ0) is 13.4. The second-order valence-corrected chi connectivity index (χ2v) is 5.73. The van der Waals surface area contributed by atoms with Gasteiger partial charge in [-0.1, -0.05) is 15.9 Å². The third kappa shape index (κ3) is 5.26. The summed E-state index contributed by atoms with van der Waals surface area (Å²) in [6, 6.07) is 4.06. The Kier molecular flexibility index (Phi) is 7.90. The maximum absolute atomic E-state index is 5.40. The summed E-state index contributed by atoms with van der Waals surface area (Å²) >= 11 is 6.99. The van der Waals surface area contributed by atoms with Crippen molar-refractivity contribution >= 4 is 31.9 Å². The lowest BCUT2D eigenvalue weighted by Gasteiger charge is -2.12. The van der Waals surface area contributed by atoms with Crippen LogP contribution in [0.4, 0.5) is 0 Å². The first-order chi connectivity index (χ1) is 8.69. The largest absolute Gasteiger partial charge is 0.495 e. The predicted octanol–water partition coefficient (Wildman–Crippen LogP) is 3.74. The highest BCUT2D eigenvalue weighted by molar-refractivity contribution is 9.11. The summed E-state index contributed by atoms with van der Waals surface area (Å²) in [4.78, 5) is 0. The fourth-order valence-corrected chi connectivity index (χ4v) is 3.17. The maximum atomic E-state index is 5.40. The van der Waals surface area contributed by atoms with Crippen LogP contribution in [0.3, 0.4) is 0 Å². The molecule has 3 nitrogen and oxygen atoms in total. The molecule has 1 aromatic rings. The highest BCUT2D eigenvalue weighted by Crippen LogP contribution is 2.32. The summed E-state index contributed by atoms with van der Waals surface area (Å²) in [6.07, 6.45) is 2.20. The van der Waals surface area contributed by atoms with Crippen LogP contribution in [0.5, 0.6) is 5.75 Å². The summed E-state index contributed by atoms with van der Waals surface area (Å²) in [5.74, 6) is 0.891. The fraction of sp³-hybridized carbons (Fsp3) is 0.538. The Morgan fingerprint density at radius 3 is 2.61 bits per heavy atom. The van der Waals surface area contributed by atoms with Crippen LogP contribution >= 0.6 is 31.9 Å². The standard InChI is InChI=1S/C13H19Br2NO2/c1-17-6-4-3-5-16-9-10-7-11(14)8-12(15)13(10)18-2/h7-8,16H,3-6,9H2,1-2H3. The number of unbranched alkanes of at least 4 members (excludes halogenated alkanes) is 1. The summed E-state index contributed by atoms with van der Waals surface area (Å²) in [5.41, 5.74) is 1.14. The molecule has 0 bridgehead atoms. The van der Waals surface area contributed by atoms with Crippen LogP contribution in [-0.2, 0) is 11.3 Å². The normalized spacial score (nSPS) is 10.7. The lowest BCUT2D eigenvalue weighted by atomic mass is 10.2. The monoisotopic (exact) mass is 379 g/mol. The molecule has 0 unspecified atom stereocenters. The molecule has 0 aliphatic carbocycles. The van der Waals surface area contributed by atoms with Crippen molar-refractivity contribution in [1.82, 2.24) is 5.32 Å². The van der Waals surface area contributed by atoms with Crippen molar-refractivity contribution in [1.29, 1.82) is 0 Å². The molecule has 0 aromatic heterocycles. The Morgan fingerprint density at radius 2 is 1.94 bits per heavy atom. The van der Waals surface area contributed by atoms with Crippen molar-refractivity contribution < 1.29 is 9.47 Å². The molecule has 0 amide bonds. The van der Waals surface area contributed by atoms with Crippen molar-refractivity contribution in [2.24, 2.45) is 0 Å². The smallest absolute Gasteiger partial charge is 0.137 e. The summed E-state index contributed by atoms with van der Waals surface area (Å²) in [5, 5.41) is 3.41. The van der Waals surface area contributed by atoms with E-state index >= 15 is 0 Å². The van der Waals surface area contributed by atoms with Crippen LogP contribution in [0.25, 0.3) is 0 Å². The number of hydrogen-bond donors (Lipinski definition) is 1. The quantitative estimate of drug-likeness (QED) is 0.697. The van der Waals surface area contributed by atoms with Gasteiger partial charge in [0.1, 0.15) is 5.75 Å². The number of hydrogen-bond acceptors (Lipinski definition) is 3. The minimum Gasteiger partial charge on any atom is -0.495 e. The molecule has 0 saturated heterocycles. The van der Waals surface area contributed by atoms with Crippen molar-refractivity contribution in [3.8, 4) is 5.75 Å². The van der Waals surface area contributed by atoms with Crippen molar-refractivity contribution in [3.63, 3.8) is 0 Å². The highest BCUT2D eigenvalue weighted by Gasteiger charge is 2.08. The molecule has 102 valence electrons. The maximum Gasteiger partial charge on any atom is 0.137 e. The van der Waals surface area contributed by atoms with E-state index in [-0.39, 0.29) is 0 Å². The highest BCUT2D eigenvalue weighted by atomic mass is 79.9. The fourth-order valence-electron chi connectivity index (χ4n) is 1.69. The predicted molar refractivity (Wildman–Crippen MR) is 81.2 cm³/mol. The molecule has 0 radical (unpaired) electrons. The van der Waals surface area contributed by atoms with Gasteiger partial charge in [0, 0.05) is 30.3 Å². The molecular weight excluding hydrogens is 362 g/mol. The lowest BCUT2D eigenvalue weighted by Crippen LogP contribution is -2.15. The average molecular weight is 381 g/mol. The summed E-state index contributed by atoms with van der Waals surface area (Å²) in [6.45, 7) is 2.61. The van der Waals surface area contributed by atoms with E-state index in [0.29, 0.717) is 0 Å². The van der Waals surface area contributed by atoms with Gasteiger partial charge in [0.15, 0.2) is 0 Å². The minimum atomic E-state index is 0.800. The van der Waals surface area contributed by atoms with Gasteiger partial charge in [-0.05, 0) is 47.4 Å². The molecule has 0 saturated carbocycles.